The molecule has 0 spiro atoms. The van der Waals surface area contributed by atoms with Crippen molar-refractivity contribution in [2.75, 3.05) is 12.0 Å². The minimum atomic E-state index is -1.12. The predicted molar refractivity (Wildman–Crippen MR) is 99.3 cm³/mol. The fourth-order valence-corrected chi connectivity index (χ4v) is 2.97. The summed E-state index contributed by atoms with van der Waals surface area (Å²) in [4.78, 5) is 17.6. The molecule has 1 amide bonds. The molecular formula is C18H19ClN4O3. The third kappa shape index (κ3) is 3.30. The van der Waals surface area contributed by atoms with Gasteiger partial charge in [-0.05, 0) is 12.0 Å². The zero-order chi connectivity index (χ0) is 18.8. The standard InChI is InChI=1S/C18H19ClN4O3/c1-11(2)14-9-20-17-13(8-16(19)21-23(14)17)22(18(24)25)10-12-6-4-5-7-15(12)26-3/h4-9,11H,10H2,1-3H3,(H,24,25). The molecule has 0 radical (unpaired) electrons. The van der Waals surface area contributed by atoms with Crippen LogP contribution >= 0.6 is 11.6 Å². The van der Waals surface area contributed by atoms with Gasteiger partial charge < -0.3 is 9.84 Å². The molecule has 3 rings (SSSR count). The highest BCUT2D eigenvalue weighted by Gasteiger charge is 2.23. The minimum absolute atomic E-state index is 0.0964. The molecule has 0 aliphatic carbocycles. The van der Waals surface area contributed by atoms with E-state index in [9.17, 15) is 9.90 Å². The number of rotatable bonds is 5. The summed E-state index contributed by atoms with van der Waals surface area (Å²) in [6.07, 6.45) is 0.574. The topological polar surface area (TPSA) is 80.0 Å². The first-order chi connectivity index (χ1) is 12.4. The number of anilines is 1. The van der Waals surface area contributed by atoms with Gasteiger partial charge in [0.2, 0.25) is 0 Å². The summed E-state index contributed by atoms with van der Waals surface area (Å²) in [5.74, 6) is 0.775. The van der Waals surface area contributed by atoms with Crippen molar-refractivity contribution in [1.82, 2.24) is 14.6 Å². The van der Waals surface area contributed by atoms with Crippen LogP contribution in [-0.2, 0) is 6.54 Å². The van der Waals surface area contributed by atoms with Gasteiger partial charge >= 0.3 is 6.09 Å². The van der Waals surface area contributed by atoms with Crippen molar-refractivity contribution in [3.05, 3.63) is 52.9 Å². The summed E-state index contributed by atoms with van der Waals surface area (Å²) < 4.78 is 6.93. The van der Waals surface area contributed by atoms with Crippen molar-refractivity contribution in [2.24, 2.45) is 0 Å². The number of imidazole rings is 1. The van der Waals surface area contributed by atoms with E-state index in [2.05, 4.69) is 10.1 Å². The van der Waals surface area contributed by atoms with E-state index in [1.165, 1.54) is 11.0 Å². The number of carboxylic acid groups (broad SMARTS) is 1. The van der Waals surface area contributed by atoms with Crippen molar-refractivity contribution in [3.63, 3.8) is 0 Å². The molecule has 3 aromatic rings. The maximum absolute atomic E-state index is 12.0. The van der Waals surface area contributed by atoms with Gasteiger partial charge in [0.1, 0.15) is 5.75 Å². The fraction of sp³-hybridized carbons (Fsp3) is 0.278. The number of aromatic nitrogens is 3. The lowest BCUT2D eigenvalue weighted by Crippen LogP contribution is -2.29. The third-order valence-electron chi connectivity index (χ3n) is 4.08. The summed E-state index contributed by atoms with van der Waals surface area (Å²) in [5, 5.41) is 14.3. The molecule has 0 saturated carbocycles. The fourth-order valence-electron chi connectivity index (χ4n) is 2.79. The number of carbonyl (C=O) groups is 1. The zero-order valence-electron chi connectivity index (χ0n) is 14.7. The SMILES string of the molecule is COc1ccccc1CN(C(=O)O)c1cc(Cl)nn2c(C(C)C)cnc12. The van der Waals surface area contributed by atoms with Crippen LogP contribution < -0.4 is 9.64 Å². The lowest BCUT2D eigenvalue weighted by Gasteiger charge is -2.21. The quantitative estimate of drug-likeness (QED) is 0.723. The first-order valence-corrected chi connectivity index (χ1v) is 8.46. The number of para-hydroxylation sites is 1. The molecule has 2 aromatic heterocycles. The normalized spacial score (nSPS) is 11.1. The van der Waals surface area contributed by atoms with Gasteiger partial charge in [0.25, 0.3) is 0 Å². The van der Waals surface area contributed by atoms with E-state index in [0.29, 0.717) is 17.1 Å². The molecule has 7 nitrogen and oxygen atoms in total. The Kier molecular flexibility index (Phi) is 4.99. The van der Waals surface area contributed by atoms with Crippen LogP contribution in [0.4, 0.5) is 10.5 Å². The van der Waals surface area contributed by atoms with E-state index in [1.807, 2.05) is 32.0 Å². The molecule has 8 heteroatoms. The van der Waals surface area contributed by atoms with Crippen LogP contribution in [0.15, 0.2) is 36.5 Å². The Morgan fingerprint density at radius 2 is 2.12 bits per heavy atom. The highest BCUT2D eigenvalue weighted by atomic mass is 35.5. The molecule has 136 valence electrons. The Morgan fingerprint density at radius 3 is 2.77 bits per heavy atom. The summed E-state index contributed by atoms with van der Waals surface area (Å²) >= 11 is 6.16. The average Bonchev–Trinajstić information content (AvgIpc) is 3.03. The van der Waals surface area contributed by atoms with Crippen molar-refractivity contribution >= 4 is 29.0 Å². The highest BCUT2D eigenvalue weighted by molar-refractivity contribution is 6.29. The summed E-state index contributed by atoms with van der Waals surface area (Å²) in [6.45, 7) is 4.12. The number of halogens is 1. The van der Waals surface area contributed by atoms with Gasteiger partial charge in [-0.3, -0.25) is 4.90 Å². The molecule has 0 fully saturated rings. The maximum atomic E-state index is 12.0. The lowest BCUT2D eigenvalue weighted by molar-refractivity contribution is 0.201. The predicted octanol–water partition coefficient (Wildman–Crippen LogP) is 4.20. The number of hydrogen-bond acceptors (Lipinski definition) is 4. The average molecular weight is 375 g/mol. The minimum Gasteiger partial charge on any atom is -0.496 e. The van der Waals surface area contributed by atoms with E-state index >= 15 is 0 Å². The number of amides is 1. The molecule has 0 unspecified atom stereocenters. The molecule has 1 aromatic carbocycles. The summed E-state index contributed by atoms with van der Waals surface area (Å²) in [6, 6.07) is 8.78. The van der Waals surface area contributed by atoms with Crippen LogP contribution in [0.3, 0.4) is 0 Å². The summed E-state index contributed by atoms with van der Waals surface area (Å²) in [5.41, 5.74) is 2.40. The molecule has 0 atom stereocenters. The molecule has 0 aliphatic heterocycles. The second-order valence-electron chi connectivity index (χ2n) is 6.11. The van der Waals surface area contributed by atoms with E-state index in [0.717, 1.165) is 11.3 Å². The Bertz CT molecular complexity index is 955. The van der Waals surface area contributed by atoms with Crippen molar-refractivity contribution in [3.8, 4) is 5.75 Å². The van der Waals surface area contributed by atoms with Crippen molar-refractivity contribution in [2.45, 2.75) is 26.3 Å². The van der Waals surface area contributed by atoms with Crippen LogP contribution in [0.5, 0.6) is 5.75 Å². The zero-order valence-corrected chi connectivity index (χ0v) is 15.4. The maximum Gasteiger partial charge on any atom is 0.412 e. The highest BCUT2D eigenvalue weighted by Crippen LogP contribution is 2.29. The number of hydrogen-bond donors (Lipinski definition) is 1. The van der Waals surface area contributed by atoms with Gasteiger partial charge in [0.15, 0.2) is 10.8 Å². The first kappa shape index (κ1) is 18.0. The van der Waals surface area contributed by atoms with Gasteiger partial charge in [-0.15, -0.1) is 0 Å². The molecule has 0 bridgehead atoms. The van der Waals surface area contributed by atoms with Gasteiger partial charge in [-0.1, -0.05) is 43.6 Å². The van der Waals surface area contributed by atoms with E-state index in [-0.39, 0.29) is 17.6 Å². The Hall–Kier alpha value is -2.80. The van der Waals surface area contributed by atoms with Crippen molar-refractivity contribution in [1.29, 1.82) is 0 Å². The number of ether oxygens (including phenoxy) is 1. The molecule has 0 saturated heterocycles. The second kappa shape index (κ2) is 7.21. The third-order valence-corrected chi connectivity index (χ3v) is 4.26. The number of nitrogens with zero attached hydrogens (tertiary/aromatic N) is 4. The van der Waals surface area contributed by atoms with E-state index in [4.69, 9.17) is 16.3 Å². The van der Waals surface area contributed by atoms with Crippen LogP contribution in [0.2, 0.25) is 5.15 Å². The largest absolute Gasteiger partial charge is 0.496 e. The van der Waals surface area contributed by atoms with Crippen LogP contribution in [0.1, 0.15) is 31.0 Å². The Labute approximate surface area is 155 Å². The van der Waals surface area contributed by atoms with Crippen LogP contribution in [0.25, 0.3) is 5.65 Å². The molecule has 1 N–H and O–H groups in total. The van der Waals surface area contributed by atoms with Gasteiger partial charge in [-0.25, -0.2) is 14.3 Å². The van der Waals surface area contributed by atoms with Gasteiger partial charge in [0, 0.05) is 11.6 Å². The van der Waals surface area contributed by atoms with Gasteiger partial charge in [-0.2, -0.15) is 5.10 Å². The van der Waals surface area contributed by atoms with E-state index < -0.39 is 6.09 Å². The number of benzene rings is 1. The number of fused-ring (bicyclic) bond motifs is 1. The molecule has 2 heterocycles. The molecule has 26 heavy (non-hydrogen) atoms. The Morgan fingerprint density at radius 1 is 1.38 bits per heavy atom. The second-order valence-corrected chi connectivity index (χ2v) is 6.49. The van der Waals surface area contributed by atoms with Crippen molar-refractivity contribution < 1.29 is 14.6 Å². The van der Waals surface area contributed by atoms with E-state index in [1.54, 1.807) is 23.9 Å². The van der Waals surface area contributed by atoms with Crippen LogP contribution in [-0.4, -0.2) is 32.9 Å². The number of methoxy groups -OCH3 is 1. The van der Waals surface area contributed by atoms with Gasteiger partial charge in [0.05, 0.1) is 31.2 Å². The lowest BCUT2D eigenvalue weighted by atomic mass is 10.1. The Balaban J connectivity index is 2.13. The monoisotopic (exact) mass is 374 g/mol. The van der Waals surface area contributed by atoms with Crippen LogP contribution in [0, 0.1) is 0 Å². The molecular weight excluding hydrogens is 356 g/mol. The summed E-state index contributed by atoms with van der Waals surface area (Å²) in [7, 11) is 1.55. The molecule has 0 aliphatic rings. The first-order valence-electron chi connectivity index (χ1n) is 8.09. The smallest absolute Gasteiger partial charge is 0.412 e.